The number of thiazole rings is 1. The van der Waals surface area contributed by atoms with E-state index in [9.17, 15) is 0 Å². The Labute approximate surface area is 173 Å². The van der Waals surface area contributed by atoms with E-state index in [1.54, 1.807) is 0 Å². The maximum absolute atomic E-state index is 5.81. The summed E-state index contributed by atoms with van der Waals surface area (Å²) in [5, 5.41) is 3.49. The maximum Gasteiger partial charge on any atom is 0.172 e. The van der Waals surface area contributed by atoms with Crippen LogP contribution in [0.1, 0.15) is 69.0 Å². The molecule has 0 radical (unpaired) electrons. The first kappa shape index (κ1) is 21.2. The predicted molar refractivity (Wildman–Crippen MR) is 118 cm³/mol. The van der Waals surface area contributed by atoms with Crippen LogP contribution in [0, 0.1) is 5.92 Å². The second kappa shape index (κ2) is 10.3. The van der Waals surface area contributed by atoms with Crippen LogP contribution in [-0.4, -0.2) is 24.0 Å². The summed E-state index contributed by atoms with van der Waals surface area (Å²) in [4.78, 5) is 4.73. The molecule has 1 aliphatic heterocycles. The van der Waals surface area contributed by atoms with Gasteiger partial charge in [-0.1, -0.05) is 42.9 Å². The van der Waals surface area contributed by atoms with Crippen molar-refractivity contribution in [2.24, 2.45) is 5.92 Å². The number of hydrogen-bond donors (Lipinski definition) is 0. The summed E-state index contributed by atoms with van der Waals surface area (Å²) in [6, 6.07) is 0. The third-order valence-electron chi connectivity index (χ3n) is 5.44. The van der Waals surface area contributed by atoms with Crippen molar-refractivity contribution < 1.29 is 9.47 Å². The van der Waals surface area contributed by atoms with E-state index in [4.69, 9.17) is 14.5 Å². The van der Waals surface area contributed by atoms with E-state index in [1.165, 1.54) is 17.0 Å². The quantitative estimate of drug-likeness (QED) is 0.237. The van der Waals surface area contributed by atoms with Gasteiger partial charge < -0.3 is 9.47 Å². The molecule has 0 amide bonds. The van der Waals surface area contributed by atoms with Crippen LogP contribution in [0.3, 0.4) is 0 Å². The minimum absolute atomic E-state index is 0.446. The summed E-state index contributed by atoms with van der Waals surface area (Å²) in [5.41, 5.74) is 2.46. The Morgan fingerprint density at radius 3 is 2.79 bits per heavy atom. The van der Waals surface area contributed by atoms with Gasteiger partial charge in [0, 0.05) is 24.1 Å². The molecule has 1 saturated carbocycles. The Balaban J connectivity index is 1.34. The number of aromatic nitrogens is 1. The lowest BCUT2D eigenvalue weighted by Crippen LogP contribution is -2.29. The van der Waals surface area contributed by atoms with Crippen molar-refractivity contribution >= 4 is 17.4 Å². The number of nitrogens with zero attached hydrogens (tertiary/aromatic N) is 1. The van der Waals surface area contributed by atoms with Crippen LogP contribution in [0.25, 0.3) is 6.08 Å². The molecule has 2 aliphatic rings. The highest BCUT2D eigenvalue weighted by Crippen LogP contribution is 2.47. The molecule has 4 heteroatoms. The average Bonchev–Trinajstić information content (AvgIpc) is 3.08. The fraction of sp³-hybridized carbons (Fsp3) is 0.542. The van der Waals surface area contributed by atoms with Gasteiger partial charge in [0.15, 0.2) is 5.79 Å². The van der Waals surface area contributed by atoms with E-state index in [1.807, 2.05) is 17.4 Å². The van der Waals surface area contributed by atoms with E-state index in [0.717, 1.165) is 49.6 Å². The van der Waals surface area contributed by atoms with Crippen molar-refractivity contribution in [1.29, 1.82) is 0 Å². The summed E-state index contributed by atoms with van der Waals surface area (Å²) < 4.78 is 11.6. The van der Waals surface area contributed by atoms with Gasteiger partial charge in [-0.3, -0.25) is 0 Å². The fourth-order valence-electron chi connectivity index (χ4n) is 3.49. The molecular weight excluding hydrogens is 366 g/mol. The Morgan fingerprint density at radius 2 is 2.07 bits per heavy atom. The zero-order valence-electron chi connectivity index (χ0n) is 17.2. The summed E-state index contributed by atoms with van der Waals surface area (Å²) in [5.74, 6) is 1.11. The molecule has 0 bridgehead atoms. The Morgan fingerprint density at radius 1 is 1.32 bits per heavy atom. The molecule has 2 unspecified atom stereocenters. The predicted octanol–water partition coefficient (Wildman–Crippen LogP) is 6.66. The van der Waals surface area contributed by atoms with Crippen LogP contribution in [0.15, 0.2) is 47.9 Å². The monoisotopic (exact) mass is 399 g/mol. The van der Waals surface area contributed by atoms with Crippen LogP contribution < -0.4 is 0 Å². The Bertz CT molecular complexity index is 725. The average molecular weight is 400 g/mol. The third kappa shape index (κ3) is 6.26. The van der Waals surface area contributed by atoms with Crippen molar-refractivity contribution in [2.45, 2.75) is 64.1 Å². The zero-order valence-corrected chi connectivity index (χ0v) is 18.0. The van der Waals surface area contributed by atoms with E-state index in [-0.39, 0.29) is 0 Å². The second-order valence-corrected chi connectivity index (χ2v) is 8.84. The molecule has 152 valence electrons. The number of rotatable bonds is 11. The lowest BCUT2D eigenvalue weighted by atomic mass is 10.0. The number of hydrogen-bond acceptors (Lipinski definition) is 4. The third-order valence-corrected chi connectivity index (χ3v) is 6.44. The second-order valence-electron chi connectivity index (χ2n) is 7.95. The molecule has 1 aromatic heterocycles. The fourth-order valence-corrected chi connectivity index (χ4v) is 4.53. The van der Waals surface area contributed by atoms with Crippen LogP contribution in [0.5, 0.6) is 0 Å². The van der Waals surface area contributed by atoms with Crippen molar-refractivity contribution in [1.82, 2.24) is 4.98 Å². The SMILES string of the molecule is C=CCC1(CC/C(C)=C/C=C/CC/C=C\c2csc(C3CC3C)n2)OCCO1. The lowest BCUT2D eigenvalue weighted by Gasteiger charge is -2.26. The normalized spacial score (nSPS) is 24.4. The van der Waals surface area contributed by atoms with Gasteiger partial charge in [-0.25, -0.2) is 4.98 Å². The molecule has 2 atom stereocenters. The molecule has 2 heterocycles. The summed E-state index contributed by atoms with van der Waals surface area (Å²) in [7, 11) is 0. The standard InChI is InChI=1S/C24H33NO2S/c1-4-13-24(26-15-16-27-24)14-12-19(2)10-8-6-5-7-9-11-21-18-28-23(25-21)22-17-20(22)3/h4,6,8-11,18,20,22H,1,5,7,12-17H2,2-3H3/b8-6+,11-9-,19-10+. The van der Waals surface area contributed by atoms with Gasteiger partial charge in [0.1, 0.15) is 0 Å². The molecule has 1 saturated heterocycles. The van der Waals surface area contributed by atoms with Gasteiger partial charge in [-0.2, -0.15) is 0 Å². The van der Waals surface area contributed by atoms with Crippen molar-refractivity contribution in [3.05, 3.63) is 58.6 Å². The van der Waals surface area contributed by atoms with Crippen LogP contribution in [-0.2, 0) is 9.47 Å². The van der Waals surface area contributed by atoms with Crippen molar-refractivity contribution in [3.8, 4) is 0 Å². The van der Waals surface area contributed by atoms with E-state index in [2.05, 4.69) is 56.2 Å². The molecule has 3 nitrogen and oxygen atoms in total. The van der Waals surface area contributed by atoms with Crippen LogP contribution in [0.2, 0.25) is 0 Å². The summed E-state index contributed by atoms with van der Waals surface area (Å²) in [6.07, 6.45) is 18.9. The smallest absolute Gasteiger partial charge is 0.172 e. The topological polar surface area (TPSA) is 31.4 Å². The van der Waals surface area contributed by atoms with E-state index in [0.29, 0.717) is 13.2 Å². The summed E-state index contributed by atoms with van der Waals surface area (Å²) >= 11 is 1.81. The first-order valence-corrected chi connectivity index (χ1v) is 11.3. The number of ether oxygens (including phenoxy) is 2. The minimum Gasteiger partial charge on any atom is -0.347 e. The van der Waals surface area contributed by atoms with Crippen LogP contribution in [0.4, 0.5) is 0 Å². The largest absolute Gasteiger partial charge is 0.347 e. The molecule has 1 aliphatic carbocycles. The van der Waals surface area contributed by atoms with Crippen molar-refractivity contribution in [2.75, 3.05) is 13.2 Å². The number of allylic oxidation sites excluding steroid dienone is 5. The van der Waals surface area contributed by atoms with Gasteiger partial charge in [0.25, 0.3) is 0 Å². The highest BCUT2D eigenvalue weighted by atomic mass is 32.1. The van der Waals surface area contributed by atoms with E-state index >= 15 is 0 Å². The molecule has 1 aromatic rings. The van der Waals surface area contributed by atoms with Gasteiger partial charge in [-0.15, -0.1) is 17.9 Å². The molecule has 28 heavy (non-hydrogen) atoms. The first-order chi connectivity index (χ1) is 13.6. The lowest BCUT2D eigenvalue weighted by molar-refractivity contribution is -0.158. The molecular formula is C24H33NO2S. The van der Waals surface area contributed by atoms with Gasteiger partial charge >= 0.3 is 0 Å². The zero-order chi connectivity index (χ0) is 19.8. The molecule has 0 aromatic carbocycles. The van der Waals surface area contributed by atoms with E-state index < -0.39 is 5.79 Å². The highest BCUT2D eigenvalue weighted by Gasteiger charge is 2.36. The highest BCUT2D eigenvalue weighted by molar-refractivity contribution is 7.09. The summed E-state index contributed by atoms with van der Waals surface area (Å²) in [6.45, 7) is 9.67. The van der Waals surface area contributed by atoms with Crippen LogP contribution >= 0.6 is 11.3 Å². The Kier molecular flexibility index (Phi) is 7.83. The molecule has 0 spiro atoms. The van der Waals surface area contributed by atoms with Crippen molar-refractivity contribution in [3.63, 3.8) is 0 Å². The minimum atomic E-state index is -0.446. The van der Waals surface area contributed by atoms with Gasteiger partial charge in [0.2, 0.25) is 0 Å². The first-order valence-electron chi connectivity index (χ1n) is 10.4. The Hall–Kier alpha value is -1.49. The molecule has 3 rings (SSSR count). The van der Waals surface area contributed by atoms with Gasteiger partial charge in [-0.05, 0) is 44.6 Å². The number of unbranched alkanes of at least 4 members (excludes halogenated alkanes) is 1. The molecule has 0 N–H and O–H groups in total. The molecule has 2 fully saturated rings. The van der Waals surface area contributed by atoms with Gasteiger partial charge in [0.05, 0.1) is 23.9 Å². The maximum atomic E-state index is 5.81.